The molecule has 2 N–H and O–H groups in total. The summed E-state index contributed by atoms with van der Waals surface area (Å²) in [4.78, 5) is 8.66. The second-order valence-electron chi connectivity index (χ2n) is 4.68. The average Bonchev–Trinajstić information content (AvgIpc) is 2.42. The molecule has 0 bridgehead atoms. The molecule has 20 heavy (non-hydrogen) atoms. The normalized spacial score (nSPS) is 10.8. The lowest BCUT2D eigenvalue weighted by Gasteiger charge is -2.11. The monoisotopic (exact) mass is 390 g/mol. The van der Waals surface area contributed by atoms with E-state index in [1.165, 1.54) is 25.7 Å². The van der Waals surface area contributed by atoms with E-state index in [4.69, 9.17) is 0 Å². The Balaban J connectivity index is 0.00000361. The van der Waals surface area contributed by atoms with E-state index >= 15 is 0 Å². The lowest BCUT2D eigenvalue weighted by Crippen LogP contribution is -2.37. The van der Waals surface area contributed by atoms with Crippen LogP contribution < -0.4 is 10.6 Å². The standard InChI is InChI=1S/C15H26N4.HI/c1-4-5-6-7-11-17-15(16-3)18-12-14-10-8-9-13(2)19-14;/h8-10H,4-7,11-12H2,1-3H3,(H2,16,17,18);1H. The number of aliphatic imine (C=N–C) groups is 1. The number of nitrogens with zero attached hydrogens (tertiary/aromatic N) is 2. The van der Waals surface area contributed by atoms with Gasteiger partial charge in [0.25, 0.3) is 0 Å². The molecular weight excluding hydrogens is 363 g/mol. The van der Waals surface area contributed by atoms with Gasteiger partial charge in [-0.3, -0.25) is 9.98 Å². The van der Waals surface area contributed by atoms with Gasteiger partial charge in [-0.05, 0) is 25.5 Å². The van der Waals surface area contributed by atoms with Crippen molar-refractivity contribution in [1.82, 2.24) is 15.6 Å². The molecule has 0 unspecified atom stereocenters. The molecular formula is C15H27IN4. The van der Waals surface area contributed by atoms with Crippen LogP contribution in [0.3, 0.4) is 0 Å². The molecule has 114 valence electrons. The minimum Gasteiger partial charge on any atom is -0.356 e. The van der Waals surface area contributed by atoms with Crippen molar-refractivity contribution < 1.29 is 0 Å². The molecule has 4 nitrogen and oxygen atoms in total. The third kappa shape index (κ3) is 8.35. The van der Waals surface area contributed by atoms with Gasteiger partial charge in [-0.1, -0.05) is 32.3 Å². The number of aromatic nitrogens is 1. The van der Waals surface area contributed by atoms with Crippen molar-refractivity contribution in [2.24, 2.45) is 4.99 Å². The Morgan fingerprint density at radius 1 is 1.20 bits per heavy atom. The molecule has 0 fully saturated rings. The molecule has 0 aliphatic carbocycles. The van der Waals surface area contributed by atoms with E-state index in [-0.39, 0.29) is 24.0 Å². The van der Waals surface area contributed by atoms with Crippen LogP contribution in [0.4, 0.5) is 0 Å². The van der Waals surface area contributed by atoms with Crippen LogP contribution >= 0.6 is 24.0 Å². The summed E-state index contributed by atoms with van der Waals surface area (Å²) >= 11 is 0. The molecule has 0 amide bonds. The van der Waals surface area contributed by atoms with Crippen LogP contribution in [0, 0.1) is 6.92 Å². The van der Waals surface area contributed by atoms with Crippen LogP contribution in [-0.4, -0.2) is 24.5 Å². The first-order valence-electron chi connectivity index (χ1n) is 7.13. The second-order valence-corrected chi connectivity index (χ2v) is 4.68. The zero-order valence-electron chi connectivity index (χ0n) is 12.8. The summed E-state index contributed by atoms with van der Waals surface area (Å²) in [7, 11) is 1.80. The Labute approximate surface area is 139 Å². The van der Waals surface area contributed by atoms with Crippen molar-refractivity contribution in [1.29, 1.82) is 0 Å². The minimum atomic E-state index is 0. The van der Waals surface area contributed by atoms with Crippen LogP contribution in [0.5, 0.6) is 0 Å². The fourth-order valence-electron chi connectivity index (χ4n) is 1.85. The predicted molar refractivity (Wildman–Crippen MR) is 96.7 cm³/mol. The van der Waals surface area contributed by atoms with Crippen LogP contribution in [0.25, 0.3) is 0 Å². The molecule has 0 aliphatic heterocycles. The van der Waals surface area contributed by atoms with E-state index in [1.807, 2.05) is 25.1 Å². The summed E-state index contributed by atoms with van der Waals surface area (Å²) in [6.07, 6.45) is 5.05. The minimum absolute atomic E-state index is 0. The average molecular weight is 390 g/mol. The van der Waals surface area contributed by atoms with Gasteiger partial charge in [0.05, 0.1) is 12.2 Å². The van der Waals surface area contributed by atoms with Crippen molar-refractivity contribution in [2.45, 2.75) is 46.1 Å². The summed E-state index contributed by atoms with van der Waals surface area (Å²) in [6, 6.07) is 6.05. The number of pyridine rings is 1. The van der Waals surface area contributed by atoms with Gasteiger partial charge >= 0.3 is 0 Å². The smallest absolute Gasteiger partial charge is 0.191 e. The maximum Gasteiger partial charge on any atom is 0.191 e. The highest BCUT2D eigenvalue weighted by molar-refractivity contribution is 14.0. The summed E-state index contributed by atoms with van der Waals surface area (Å²) in [5, 5.41) is 6.60. The van der Waals surface area contributed by atoms with Crippen molar-refractivity contribution in [3.05, 3.63) is 29.6 Å². The Bertz CT molecular complexity index is 393. The molecule has 0 spiro atoms. The Kier molecular flexibility index (Phi) is 11.4. The van der Waals surface area contributed by atoms with Gasteiger partial charge in [0, 0.05) is 19.3 Å². The van der Waals surface area contributed by atoms with Crippen molar-refractivity contribution in [3.8, 4) is 0 Å². The van der Waals surface area contributed by atoms with Gasteiger partial charge in [-0.25, -0.2) is 0 Å². The Morgan fingerprint density at radius 3 is 2.65 bits per heavy atom. The highest BCUT2D eigenvalue weighted by atomic mass is 127. The van der Waals surface area contributed by atoms with Gasteiger partial charge in [-0.15, -0.1) is 24.0 Å². The molecule has 1 aromatic rings. The number of hydrogen-bond donors (Lipinski definition) is 2. The zero-order valence-corrected chi connectivity index (χ0v) is 15.1. The van der Waals surface area contributed by atoms with Crippen molar-refractivity contribution in [2.75, 3.05) is 13.6 Å². The van der Waals surface area contributed by atoms with E-state index < -0.39 is 0 Å². The number of nitrogens with one attached hydrogen (secondary N) is 2. The quantitative estimate of drug-likeness (QED) is 0.325. The number of halogens is 1. The number of unbranched alkanes of at least 4 members (excludes halogenated alkanes) is 3. The summed E-state index contributed by atoms with van der Waals surface area (Å²) < 4.78 is 0. The van der Waals surface area contributed by atoms with Gasteiger partial charge < -0.3 is 10.6 Å². The van der Waals surface area contributed by atoms with Crippen molar-refractivity contribution in [3.63, 3.8) is 0 Å². The van der Waals surface area contributed by atoms with Crippen molar-refractivity contribution >= 4 is 29.9 Å². The first-order valence-corrected chi connectivity index (χ1v) is 7.13. The maximum absolute atomic E-state index is 4.45. The highest BCUT2D eigenvalue weighted by Crippen LogP contribution is 1.98. The lowest BCUT2D eigenvalue weighted by atomic mass is 10.2. The zero-order chi connectivity index (χ0) is 13.9. The summed E-state index contributed by atoms with van der Waals surface area (Å²) in [5.41, 5.74) is 2.08. The third-order valence-electron chi connectivity index (χ3n) is 2.93. The molecule has 5 heteroatoms. The topological polar surface area (TPSA) is 49.3 Å². The van der Waals surface area contributed by atoms with E-state index in [2.05, 4.69) is 27.5 Å². The third-order valence-corrected chi connectivity index (χ3v) is 2.93. The van der Waals surface area contributed by atoms with Gasteiger partial charge in [0.15, 0.2) is 5.96 Å². The van der Waals surface area contributed by atoms with Crippen LogP contribution in [-0.2, 0) is 6.54 Å². The maximum atomic E-state index is 4.45. The lowest BCUT2D eigenvalue weighted by molar-refractivity contribution is 0.646. The number of rotatable bonds is 7. The number of aryl methyl sites for hydroxylation is 1. The van der Waals surface area contributed by atoms with Gasteiger partial charge in [-0.2, -0.15) is 0 Å². The summed E-state index contributed by atoms with van der Waals surface area (Å²) in [6.45, 7) is 5.91. The molecule has 0 saturated heterocycles. The van der Waals surface area contributed by atoms with Crippen LogP contribution in [0.1, 0.15) is 44.0 Å². The molecule has 1 rings (SSSR count). The fourth-order valence-corrected chi connectivity index (χ4v) is 1.85. The van der Waals surface area contributed by atoms with E-state index in [1.54, 1.807) is 7.05 Å². The first-order chi connectivity index (χ1) is 9.26. The first kappa shape index (κ1) is 19.1. The van der Waals surface area contributed by atoms with Crippen LogP contribution in [0.15, 0.2) is 23.2 Å². The number of hydrogen-bond acceptors (Lipinski definition) is 2. The van der Waals surface area contributed by atoms with Gasteiger partial charge in [0.1, 0.15) is 0 Å². The fraction of sp³-hybridized carbons (Fsp3) is 0.600. The molecule has 0 atom stereocenters. The molecule has 0 aromatic carbocycles. The number of guanidine groups is 1. The SMILES string of the molecule is CCCCCCNC(=NC)NCc1cccc(C)n1.I. The predicted octanol–water partition coefficient (Wildman–Crippen LogP) is 3.25. The molecule has 0 saturated carbocycles. The molecule has 1 aromatic heterocycles. The second kappa shape index (κ2) is 11.9. The van der Waals surface area contributed by atoms with Crippen LogP contribution in [0.2, 0.25) is 0 Å². The molecule has 0 radical (unpaired) electrons. The Hall–Kier alpha value is -0.850. The largest absolute Gasteiger partial charge is 0.356 e. The molecule has 0 aliphatic rings. The molecule has 1 heterocycles. The van der Waals surface area contributed by atoms with E-state index in [9.17, 15) is 0 Å². The van der Waals surface area contributed by atoms with E-state index in [0.717, 1.165) is 23.9 Å². The highest BCUT2D eigenvalue weighted by Gasteiger charge is 1.99. The van der Waals surface area contributed by atoms with Gasteiger partial charge in [0.2, 0.25) is 0 Å². The van der Waals surface area contributed by atoms with E-state index in [0.29, 0.717) is 6.54 Å². The Morgan fingerprint density at radius 2 is 2.00 bits per heavy atom. The summed E-state index contributed by atoms with van der Waals surface area (Å²) in [5.74, 6) is 0.847.